The van der Waals surface area contributed by atoms with Gasteiger partial charge < -0.3 is 24.8 Å². The van der Waals surface area contributed by atoms with Gasteiger partial charge in [-0.1, -0.05) is 65.7 Å². The van der Waals surface area contributed by atoms with Crippen molar-refractivity contribution >= 4 is 49.0 Å². The van der Waals surface area contributed by atoms with Crippen LogP contribution >= 0.6 is 33.9 Å². The van der Waals surface area contributed by atoms with Crippen molar-refractivity contribution in [3.63, 3.8) is 0 Å². The molecule has 1 unspecified atom stereocenters. The van der Waals surface area contributed by atoms with E-state index in [-0.39, 0.29) is 39.5 Å². The Balaban J connectivity index is 1.90. The van der Waals surface area contributed by atoms with Crippen LogP contribution in [0.5, 0.6) is 11.5 Å². The van der Waals surface area contributed by atoms with Crippen LogP contribution in [0.3, 0.4) is 0 Å². The van der Waals surface area contributed by atoms with Crippen LogP contribution in [-0.4, -0.2) is 41.8 Å². The number of carbonyl (C=O) groups is 1. The molecule has 12 heteroatoms. The number of carbonyl (C=O) groups excluding carboxylic acids is 1. The lowest BCUT2D eigenvalue weighted by Gasteiger charge is -2.36. The standard InChI is InChI=1S/C26H25Cl3N2O6S/c1-35-23-21(27)19-12-13-30-15-26(20(19)22(28)24(23)36-2,17-8-10-18(11-9-17)38(29,33)34)37-25(32)31-14-16-6-4-3-5-7-16/h3-11,30H,12-15H2,1-2H3,(H,31,32). The van der Waals surface area contributed by atoms with Crippen LogP contribution in [0.1, 0.15) is 22.3 Å². The predicted molar refractivity (Wildman–Crippen MR) is 146 cm³/mol. The van der Waals surface area contributed by atoms with Crippen molar-refractivity contribution in [3.05, 3.63) is 86.9 Å². The Bertz CT molecular complexity index is 1440. The first kappa shape index (κ1) is 28.3. The number of nitrogens with one attached hydrogen (secondary N) is 2. The van der Waals surface area contributed by atoms with Crippen LogP contribution in [0.4, 0.5) is 4.79 Å². The van der Waals surface area contributed by atoms with Crippen molar-refractivity contribution in [2.24, 2.45) is 0 Å². The number of methoxy groups -OCH3 is 2. The number of halogens is 3. The quantitative estimate of drug-likeness (QED) is 0.358. The van der Waals surface area contributed by atoms with Gasteiger partial charge in [0.1, 0.15) is 0 Å². The van der Waals surface area contributed by atoms with Crippen LogP contribution < -0.4 is 20.1 Å². The van der Waals surface area contributed by atoms with E-state index in [1.54, 1.807) is 0 Å². The molecule has 202 valence electrons. The van der Waals surface area contributed by atoms with E-state index < -0.39 is 20.7 Å². The maximum absolute atomic E-state index is 13.3. The maximum Gasteiger partial charge on any atom is 0.408 e. The van der Waals surface area contributed by atoms with Crippen molar-refractivity contribution in [1.29, 1.82) is 0 Å². The van der Waals surface area contributed by atoms with Gasteiger partial charge in [0, 0.05) is 34.9 Å². The summed E-state index contributed by atoms with van der Waals surface area (Å²) in [6.07, 6.45) is -0.279. The molecule has 0 aromatic heterocycles. The van der Waals surface area contributed by atoms with Gasteiger partial charge in [0.15, 0.2) is 17.1 Å². The van der Waals surface area contributed by atoms with Crippen molar-refractivity contribution in [1.82, 2.24) is 10.6 Å². The Kier molecular flexibility index (Phi) is 8.64. The number of fused-ring (bicyclic) bond motifs is 1. The van der Waals surface area contributed by atoms with Gasteiger partial charge in [-0.15, -0.1) is 0 Å². The highest BCUT2D eigenvalue weighted by molar-refractivity contribution is 8.13. The Hall–Kier alpha value is -2.69. The summed E-state index contributed by atoms with van der Waals surface area (Å²) in [7, 11) is 4.43. The van der Waals surface area contributed by atoms with E-state index in [9.17, 15) is 13.2 Å². The Labute approximate surface area is 235 Å². The maximum atomic E-state index is 13.3. The van der Waals surface area contributed by atoms with Gasteiger partial charge in [0.05, 0.1) is 29.2 Å². The van der Waals surface area contributed by atoms with Gasteiger partial charge in [0.2, 0.25) is 0 Å². The number of rotatable bonds is 7. The van der Waals surface area contributed by atoms with Gasteiger partial charge in [-0.25, -0.2) is 13.2 Å². The van der Waals surface area contributed by atoms with Crippen LogP contribution in [-0.2, 0) is 32.4 Å². The Morgan fingerprint density at radius 1 is 1.00 bits per heavy atom. The number of hydrogen-bond acceptors (Lipinski definition) is 7. The fraction of sp³-hybridized carbons (Fsp3) is 0.269. The molecule has 1 heterocycles. The van der Waals surface area contributed by atoms with E-state index in [4.69, 9.17) is 48.1 Å². The van der Waals surface area contributed by atoms with Crippen LogP contribution in [0.25, 0.3) is 0 Å². The molecule has 0 saturated heterocycles. The first-order valence-corrected chi connectivity index (χ1v) is 14.6. The molecule has 4 rings (SSSR count). The van der Waals surface area contributed by atoms with Gasteiger partial charge in [-0.3, -0.25) is 0 Å². The first-order valence-electron chi connectivity index (χ1n) is 11.5. The lowest BCUT2D eigenvalue weighted by atomic mass is 9.82. The molecule has 1 aliphatic rings. The van der Waals surface area contributed by atoms with Crippen LogP contribution in [0, 0.1) is 0 Å². The second-order valence-electron chi connectivity index (χ2n) is 8.49. The molecule has 3 aromatic carbocycles. The molecule has 0 aliphatic carbocycles. The molecule has 1 aliphatic heterocycles. The van der Waals surface area contributed by atoms with Crippen molar-refractivity contribution < 1.29 is 27.4 Å². The van der Waals surface area contributed by atoms with E-state index in [0.717, 1.165) is 5.56 Å². The minimum Gasteiger partial charge on any atom is -0.491 e. The number of benzene rings is 3. The molecule has 0 fully saturated rings. The Morgan fingerprint density at radius 3 is 2.24 bits per heavy atom. The second kappa shape index (κ2) is 11.6. The third kappa shape index (κ3) is 5.53. The van der Waals surface area contributed by atoms with Crippen LogP contribution in [0.15, 0.2) is 59.5 Å². The summed E-state index contributed by atoms with van der Waals surface area (Å²) in [5, 5.41) is 6.48. The zero-order valence-corrected chi connectivity index (χ0v) is 23.6. The zero-order valence-electron chi connectivity index (χ0n) is 20.5. The summed E-state index contributed by atoms with van der Waals surface area (Å²) in [6.45, 7) is 0.820. The molecule has 1 amide bonds. The summed E-state index contributed by atoms with van der Waals surface area (Å²) in [6, 6.07) is 15.1. The second-order valence-corrected chi connectivity index (χ2v) is 11.8. The Morgan fingerprint density at radius 2 is 1.63 bits per heavy atom. The molecule has 0 spiro atoms. The van der Waals surface area contributed by atoms with Gasteiger partial charge in [-0.2, -0.15) is 0 Å². The third-order valence-electron chi connectivity index (χ3n) is 6.28. The van der Waals surface area contributed by atoms with Crippen LogP contribution in [0.2, 0.25) is 10.0 Å². The van der Waals surface area contributed by atoms with Gasteiger partial charge in [-0.05, 0) is 36.2 Å². The minimum absolute atomic E-state index is 0.107. The molecular weight excluding hydrogens is 575 g/mol. The largest absolute Gasteiger partial charge is 0.491 e. The minimum atomic E-state index is -3.98. The van der Waals surface area contributed by atoms with E-state index in [1.165, 1.54) is 38.5 Å². The SMILES string of the molecule is COc1c(Cl)c2c(c(Cl)c1OC)C(OC(=O)NCc1ccccc1)(c1ccc(S(=O)(=O)Cl)cc1)CNCC2. The van der Waals surface area contributed by atoms with Crippen molar-refractivity contribution in [2.75, 3.05) is 27.3 Å². The van der Waals surface area contributed by atoms with E-state index in [2.05, 4.69) is 10.6 Å². The fourth-order valence-electron chi connectivity index (χ4n) is 4.52. The molecule has 38 heavy (non-hydrogen) atoms. The average molecular weight is 600 g/mol. The zero-order chi connectivity index (χ0) is 27.5. The molecule has 0 bridgehead atoms. The molecule has 0 radical (unpaired) electrons. The lowest BCUT2D eigenvalue weighted by Crippen LogP contribution is -2.45. The van der Waals surface area contributed by atoms with E-state index >= 15 is 0 Å². The lowest BCUT2D eigenvalue weighted by molar-refractivity contribution is 0.0395. The van der Waals surface area contributed by atoms with Gasteiger partial charge in [0.25, 0.3) is 9.05 Å². The number of alkyl carbamates (subject to hydrolysis) is 1. The van der Waals surface area contributed by atoms with Crippen molar-refractivity contribution in [3.8, 4) is 11.5 Å². The highest BCUT2D eigenvalue weighted by Crippen LogP contribution is 2.52. The molecule has 8 nitrogen and oxygen atoms in total. The molecule has 1 atom stereocenters. The average Bonchev–Trinajstić information content (AvgIpc) is 3.10. The topological polar surface area (TPSA) is 103 Å². The summed E-state index contributed by atoms with van der Waals surface area (Å²) >= 11 is 13.7. The normalized spacial score (nSPS) is 17.2. The summed E-state index contributed by atoms with van der Waals surface area (Å²) < 4.78 is 41.0. The molecule has 0 saturated carbocycles. The smallest absolute Gasteiger partial charge is 0.408 e. The summed E-state index contributed by atoms with van der Waals surface area (Å²) in [4.78, 5) is 13.2. The van der Waals surface area contributed by atoms with Gasteiger partial charge >= 0.3 is 6.09 Å². The number of amides is 1. The predicted octanol–water partition coefficient (Wildman–Crippen LogP) is 5.25. The van der Waals surface area contributed by atoms with Crippen molar-refractivity contribution in [2.45, 2.75) is 23.5 Å². The highest BCUT2D eigenvalue weighted by Gasteiger charge is 2.45. The van der Waals surface area contributed by atoms with E-state index in [0.29, 0.717) is 29.7 Å². The number of hydrogen-bond donors (Lipinski definition) is 2. The fourth-order valence-corrected chi connectivity index (χ4v) is 6.07. The van der Waals surface area contributed by atoms with E-state index in [1.807, 2.05) is 30.3 Å². The number of ether oxygens (including phenoxy) is 3. The molecule has 3 aromatic rings. The monoisotopic (exact) mass is 598 g/mol. The first-order chi connectivity index (χ1) is 18.1. The summed E-state index contributed by atoms with van der Waals surface area (Å²) in [5.74, 6) is 0.434. The molecule has 2 N–H and O–H groups in total. The third-order valence-corrected chi connectivity index (χ3v) is 8.41. The highest BCUT2D eigenvalue weighted by atomic mass is 35.7. The molecular formula is C26H25Cl3N2O6S. The summed E-state index contributed by atoms with van der Waals surface area (Å²) in [5.41, 5.74) is 0.799.